The summed E-state index contributed by atoms with van der Waals surface area (Å²) in [5.74, 6) is 0.550. The van der Waals surface area contributed by atoms with Crippen molar-refractivity contribution in [1.29, 1.82) is 0 Å². The summed E-state index contributed by atoms with van der Waals surface area (Å²) in [6.45, 7) is 2.10. The Hall–Kier alpha value is -4.67. The van der Waals surface area contributed by atoms with Crippen LogP contribution in [0.25, 0.3) is 0 Å². The van der Waals surface area contributed by atoms with Crippen LogP contribution in [0.2, 0.25) is 0 Å². The number of carbonyl (C=O) groups excluding carboxylic acids is 1. The first-order valence-corrected chi connectivity index (χ1v) is 14.6. The minimum Gasteiger partial charge on any atom is -0.490 e. The number of anilines is 1. The maximum atomic E-state index is 12.6. The van der Waals surface area contributed by atoms with E-state index in [0.717, 1.165) is 31.4 Å². The highest BCUT2D eigenvalue weighted by Gasteiger charge is 2.22. The number of carbonyl (C=O) groups is 2. The van der Waals surface area contributed by atoms with Crippen LogP contribution < -0.4 is 19.5 Å². The fourth-order valence-electron chi connectivity index (χ4n) is 4.62. The summed E-state index contributed by atoms with van der Waals surface area (Å²) in [5, 5.41) is 12.0. The zero-order chi connectivity index (χ0) is 30.6. The second-order valence-electron chi connectivity index (χ2n) is 10.0. The van der Waals surface area contributed by atoms with Gasteiger partial charge in [-0.25, -0.2) is 4.79 Å². The molecule has 4 aromatic rings. The quantitative estimate of drug-likeness (QED) is 0.156. The van der Waals surface area contributed by atoms with Gasteiger partial charge in [-0.05, 0) is 117 Å². The molecular weight excluding hydrogens is 568 g/mol. The first-order valence-electron chi connectivity index (χ1n) is 13.8. The number of aromatic carboxylic acids is 1. The highest BCUT2D eigenvalue weighted by atomic mass is 32.2. The standard InChI is InChI=1S/C33H32N2O5S.O2/c1-22-6-20-29(21-7-22)41-35-24-10-14-26(15-11-24)40-28-18-16-27(17-19-28)39-25-12-8-23(9-13-25)32(36)34-31-5-3-2-4-30(31)33(37)38;1-2/h2-9,12-13,16-21,24,26,35H,10-11,14-15H2,1H3,(H,34,36)(H,37,38);. The van der Waals surface area contributed by atoms with Gasteiger partial charge in [0.25, 0.3) is 5.91 Å². The van der Waals surface area contributed by atoms with Crippen molar-refractivity contribution in [3.63, 3.8) is 0 Å². The number of ether oxygens (including phenoxy) is 2. The van der Waals surface area contributed by atoms with Crippen LogP contribution in [0.1, 0.15) is 52.0 Å². The molecule has 0 saturated heterocycles. The lowest BCUT2D eigenvalue weighted by Crippen LogP contribution is -2.33. The molecule has 0 heterocycles. The summed E-state index contributed by atoms with van der Waals surface area (Å²) < 4.78 is 15.8. The number of hydrogen-bond acceptors (Lipinski definition) is 8. The third-order valence-electron chi connectivity index (χ3n) is 6.92. The van der Waals surface area contributed by atoms with Gasteiger partial charge in [-0.3, -0.25) is 9.52 Å². The molecule has 0 aromatic heterocycles. The van der Waals surface area contributed by atoms with E-state index in [1.807, 2.05) is 24.3 Å². The van der Waals surface area contributed by atoms with E-state index in [1.165, 1.54) is 16.5 Å². The molecule has 222 valence electrons. The molecule has 0 unspecified atom stereocenters. The van der Waals surface area contributed by atoms with Gasteiger partial charge in [0.2, 0.25) is 0 Å². The number of benzene rings is 4. The predicted octanol–water partition coefficient (Wildman–Crippen LogP) is 7.79. The molecule has 0 bridgehead atoms. The molecule has 1 aliphatic rings. The third kappa shape index (κ3) is 9.16. The summed E-state index contributed by atoms with van der Waals surface area (Å²) in [6.07, 6.45) is 4.36. The van der Waals surface area contributed by atoms with Crippen LogP contribution in [0, 0.1) is 16.9 Å². The van der Waals surface area contributed by atoms with Gasteiger partial charge in [0.05, 0.1) is 17.4 Å². The number of nitrogens with one attached hydrogen (secondary N) is 2. The Balaban J connectivity index is 0.00000207. The molecule has 9 nitrogen and oxygen atoms in total. The lowest BCUT2D eigenvalue weighted by Gasteiger charge is -2.29. The van der Waals surface area contributed by atoms with Crippen molar-refractivity contribution >= 4 is 29.5 Å². The number of hydrogen-bond donors (Lipinski definition) is 3. The normalized spacial score (nSPS) is 15.8. The molecule has 1 saturated carbocycles. The molecule has 1 fully saturated rings. The van der Waals surface area contributed by atoms with Gasteiger partial charge in [-0.2, -0.15) is 0 Å². The van der Waals surface area contributed by atoms with Gasteiger partial charge in [0, 0.05) is 26.4 Å². The van der Waals surface area contributed by atoms with Crippen molar-refractivity contribution in [2.75, 3.05) is 5.32 Å². The van der Waals surface area contributed by atoms with Gasteiger partial charge in [0.15, 0.2) is 0 Å². The van der Waals surface area contributed by atoms with Gasteiger partial charge in [-0.15, -0.1) is 0 Å². The summed E-state index contributed by atoms with van der Waals surface area (Å²) in [5.41, 5.74) is 1.94. The van der Waals surface area contributed by atoms with Crippen LogP contribution in [-0.4, -0.2) is 29.1 Å². The van der Waals surface area contributed by atoms with Crippen molar-refractivity contribution in [2.24, 2.45) is 0 Å². The summed E-state index contributed by atoms with van der Waals surface area (Å²) >= 11 is 1.70. The van der Waals surface area contributed by atoms with Crippen molar-refractivity contribution in [3.05, 3.63) is 124 Å². The Labute approximate surface area is 254 Å². The van der Waals surface area contributed by atoms with E-state index in [0.29, 0.717) is 23.1 Å². The lowest BCUT2D eigenvalue weighted by molar-refractivity contribution is 0.0698. The fourth-order valence-corrected chi connectivity index (χ4v) is 5.43. The zero-order valence-corrected chi connectivity index (χ0v) is 24.3. The SMILES string of the molecule is Cc1ccc(SNC2CCC(Oc3ccc(Oc4ccc(C(=O)Nc5ccccc5C(=O)O)cc4)cc3)CC2)cc1.O=O. The van der Waals surface area contributed by atoms with Gasteiger partial charge in [0.1, 0.15) is 17.2 Å². The van der Waals surface area contributed by atoms with Gasteiger partial charge < -0.3 is 19.9 Å². The lowest BCUT2D eigenvalue weighted by atomic mass is 9.94. The van der Waals surface area contributed by atoms with E-state index in [2.05, 4.69) is 41.2 Å². The first kappa shape index (κ1) is 31.3. The number of carboxylic acids is 1. The van der Waals surface area contributed by atoms with E-state index in [1.54, 1.807) is 54.4 Å². The zero-order valence-electron chi connectivity index (χ0n) is 23.5. The molecule has 5 rings (SSSR count). The molecule has 1 amide bonds. The number of rotatable bonds is 10. The highest BCUT2D eigenvalue weighted by molar-refractivity contribution is 7.97. The third-order valence-corrected chi connectivity index (χ3v) is 7.88. The molecular formula is C33H32N2O7S. The van der Waals surface area contributed by atoms with E-state index in [4.69, 9.17) is 19.4 Å². The van der Waals surface area contributed by atoms with Crippen molar-refractivity contribution in [2.45, 2.75) is 49.6 Å². The average molecular weight is 601 g/mol. The van der Waals surface area contributed by atoms with Crippen LogP contribution in [0.5, 0.6) is 17.2 Å². The van der Waals surface area contributed by atoms with Crippen LogP contribution >= 0.6 is 11.9 Å². The largest absolute Gasteiger partial charge is 0.490 e. The number of para-hydroxylation sites is 1. The Bertz CT molecular complexity index is 1490. The molecule has 0 radical (unpaired) electrons. The van der Waals surface area contributed by atoms with Gasteiger partial charge in [-0.1, -0.05) is 29.8 Å². The number of amides is 1. The fraction of sp³-hybridized carbons (Fsp3) is 0.212. The van der Waals surface area contributed by atoms with Gasteiger partial charge >= 0.3 is 5.97 Å². The predicted molar refractivity (Wildman–Crippen MR) is 168 cm³/mol. The molecule has 4 aromatic carbocycles. The monoisotopic (exact) mass is 600 g/mol. The number of carboxylic acid groups (broad SMARTS) is 1. The second kappa shape index (κ2) is 15.5. The molecule has 3 N–H and O–H groups in total. The Morgan fingerprint density at radius 3 is 1.98 bits per heavy atom. The first-order chi connectivity index (χ1) is 20.9. The summed E-state index contributed by atoms with van der Waals surface area (Å²) in [4.78, 5) is 39.2. The van der Waals surface area contributed by atoms with E-state index in [9.17, 15) is 14.7 Å². The molecule has 0 aliphatic heterocycles. The summed E-state index contributed by atoms with van der Waals surface area (Å²) in [7, 11) is 0. The Kier molecular flexibility index (Phi) is 11.3. The van der Waals surface area contributed by atoms with Crippen molar-refractivity contribution in [1.82, 2.24) is 4.72 Å². The highest BCUT2D eigenvalue weighted by Crippen LogP contribution is 2.29. The van der Waals surface area contributed by atoms with Crippen LogP contribution in [0.15, 0.2) is 102 Å². The topological polar surface area (TPSA) is 131 Å². The van der Waals surface area contributed by atoms with E-state index in [-0.39, 0.29) is 17.4 Å². The van der Waals surface area contributed by atoms with E-state index >= 15 is 0 Å². The average Bonchev–Trinajstić information content (AvgIpc) is 3.04. The minimum atomic E-state index is -1.10. The van der Waals surface area contributed by atoms with E-state index < -0.39 is 11.9 Å². The minimum absolute atomic E-state index is 0.0332. The second-order valence-corrected chi connectivity index (χ2v) is 10.9. The van der Waals surface area contributed by atoms with Crippen molar-refractivity contribution < 1.29 is 24.2 Å². The maximum absolute atomic E-state index is 12.6. The molecule has 0 spiro atoms. The molecule has 10 heteroatoms. The molecule has 1 aliphatic carbocycles. The van der Waals surface area contributed by atoms with Crippen LogP contribution in [0.4, 0.5) is 5.69 Å². The van der Waals surface area contributed by atoms with Crippen LogP contribution in [-0.2, 0) is 0 Å². The Morgan fingerprint density at radius 2 is 1.35 bits per heavy atom. The molecule has 0 atom stereocenters. The van der Waals surface area contributed by atoms with Crippen molar-refractivity contribution in [3.8, 4) is 17.2 Å². The van der Waals surface area contributed by atoms with Crippen LogP contribution in [0.3, 0.4) is 0 Å². The Morgan fingerprint density at radius 1 is 0.767 bits per heavy atom. The smallest absolute Gasteiger partial charge is 0.337 e. The number of aryl methyl sites for hydroxylation is 1. The summed E-state index contributed by atoms with van der Waals surface area (Å²) in [6, 6.07) is 29.6. The molecule has 43 heavy (non-hydrogen) atoms. The maximum Gasteiger partial charge on any atom is 0.337 e.